The van der Waals surface area contributed by atoms with Crippen LogP contribution in [0.4, 0.5) is 17.6 Å². The third-order valence-electron chi connectivity index (χ3n) is 3.62. The Morgan fingerprint density at radius 3 is 2.62 bits per heavy atom. The largest absolute Gasteiger partial charge is 0.464 e. The third-order valence-corrected chi connectivity index (χ3v) is 3.83. The zero-order valence-electron chi connectivity index (χ0n) is 13.6. The van der Waals surface area contributed by atoms with Gasteiger partial charge in [0.1, 0.15) is 5.15 Å². The summed E-state index contributed by atoms with van der Waals surface area (Å²) in [5.74, 6) is -2.12. The molecule has 5 nitrogen and oxygen atoms in total. The topological polar surface area (TPSA) is 49.2 Å². The average molecular weight is 390 g/mol. The van der Waals surface area contributed by atoms with Crippen LogP contribution in [-0.2, 0) is 10.9 Å². The number of hydrogen-bond donors (Lipinski definition) is 0. The summed E-state index contributed by atoms with van der Waals surface area (Å²) in [7, 11) is 1.27. The zero-order valence-corrected chi connectivity index (χ0v) is 14.3. The van der Waals surface area contributed by atoms with Gasteiger partial charge in [0.2, 0.25) is 0 Å². The molecule has 0 aliphatic heterocycles. The van der Waals surface area contributed by atoms with Gasteiger partial charge < -0.3 is 9.47 Å². The van der Waals surface area contributed by atoms with Gasteiger partial charge in [0.25, 0.3) is 0 Å². The van der Waals surface area contributed by atoms with Gasteiger partial charge in [0, 0.05) is 18.6 Å². The summed E-state index contributed by atoms with van der Waals surface area (Å²) in [5, 5.41) is 5.05. The molecular weight excluding hydrogens is 378 g/mol. The van der Waals surface area contributed by atoms with E-state index in [4.69, 9.17) is 16.3 Å². The molecule has 0 unspecified atom stereocenters. The number of aryl methyl sites for hydroxylation is 1. The van der Waals surface area contributed by atoms with Gasteiger partial charge in [-0.25, -0.2) is 14.1 Å². The molecule has 26 heavy (non-hydrogen) atoms. The smallest absolute Gasteiger partial charge is 0.419 e. The quantitative estimate of drug-likeness (QED) is 0.374. The summed E-state index contributed by atoms with van der Waals surface area (Å²) in [4.78, 5) is 3.92. The molecule has 0 N–H and O–H groups in total. The number of rotatable bonds is 4. The van der Waals surface area contributed by atoms with Crippen LogP contribution in [0.1, 0.15) is 11.3 Å². The Labute approximate surface area is 150 Å². The first-order valence-electron chi connectivity index (χ1n) is 7.26. The van der Waals surface area contributed by atoms with Gasteiger partial charge in [0.15, 0.2) is 18.4 Å². The molecule has 0 bridgehead atoms. The standard InChI is InChI=1S/C16H12ClF4N3O2/c1-8-10-5-14(17)22-6-12(10)24(23-8)9-3-11(16(19,20)21)15(18)13(4-9)26-7-25-2/h3-6H,7H2,1-2H3. The number of ether oxygens (including phenoxy) is 2. The lowest BCUT2D eigenvalue weighted by molar-refractivity contribution is -0.140. The second-order valence-corrected chi connectivity index (χ2v) is 5.76. The van der Waals surface area contributed by atoms with E-state index in [1.807, 2.05) is 0 Å². The fourth-order valence-electron chi connectivity index (χ4n) is 2.48. The molecule has 2 aromatic heterocycles. The first kappa shape index (κ1) is 18.4. The maximum absolute atomic E-state index is 14.2. The van der Waals surface area contributed by atoms with Crippen molar-refractivity contribution in [2.75, 3.05) is 13.9 Å². The molecule has 0 spiro atoms. The van der Waals surface area contributed by atoms with Crippen molar-refractivity contribution in [1.29, 1.82) is 0 Å². The number of methoxy groups -OCH3 is 1. The predicted molar refractivity (Wildman–Crippen MR) is 86.1 cm³/mol. The van der Waals surface area contributed by atoms with Crippen LogP contribution in [0.5, 0.6) is 5.75 Å². The van der Waals surface area contributed by atoms with Crippen molar-refractivity contribution in [1.82, 2.24) is 14.8 Å². The maximum Gasteiger partial charge on any atom is 0.419 e. The van der Waals surface area contributed by atoms with Crippen LogP contribution in [0, 0.1) is 12.7 Å². The second kappa shape index (κ2) is 6.73. The minimum absolute atomic E-state index is 0.0351. The molecule has 0 saturated heterocycles. The van der Waals surface area contributed by atoms with Gasteiger partial charge in [-0.3, -0.25) is 0 Å². The minimum Gasteiger partial charge on any atom is -0.464 e. The van der Waals surface area contributed by atoms with Crippen molar-refractivity contribution in [2.24, 2.45) is 0 Å². The first-order valence-corrected chi connectivity index (χ1v) is 7.64. The highest BCUT2D eigenvalue weighted by Gasteiger charge is 2.36. The second-order valence-electron chi connectivity index (χ2n) is 5.38. The molecule has 138 valence electrons. The lowest BCUT2D eigenvalue weighted by Gasteiger charge is -2.15. The molecule has 10 heteroatoms. The highest BCUT2D eigenvalue weighted by atomic mass is 35.5. The lowest BCUT2D eigenvalue weighted by Crippen LogP contribution is -2.12. The monoisotopic (exact) mass is 389 g/mol. The number of fused-ring (bicyclic) bond motifs is 1. The Morgan fingerprint density at radius 1 is 1.23 bits per heavy atom. The number of aromatic nitrogens is 3. The van der Waals surface area contributed by atoms with Gasteiger partial charge in [-0.1, -0.05) is 11.6 Å². The third kappa shape index (κ3) is 3.32. The molecule has 0 amide bonds. The number of hydrogen-bond acceptors (Lipinski definition) is 4. The molecule has 0 radical (unpaired) electrons. The number of alkyl halides is 3. The molecule has 1 aromatic carbocycles. The fraction of sp³-hybridized carbons (Fsp3) is 0.250. The highest BCUT2D eigenvalue weighted by molar-refractivity contribution is 6.30. The molecule has 0 aliphatic carbocycles. The Balaban J connectivity index is 2.25. The van der Waals surface area contributed by atoms with Gasteiger partial charge >= 0.3 is 6.18 Å². The lowest BCUT2D eigenvalue weighted by atomic mass is 10.1. The highest BCUT2D eigenvalue weighted by Crippen LogP contribution is 2.37. The molecule has 0 fully saturated rings. The van der Waals surface area contributed by atoms with Gasteiger partial charge in [-0.05, 0) is 19.1 Å². The van der Waals surface area contributed by atoms with Gasteiger partial charge in [-0.2, -0.15) is 18.3 Å². The number of halogens is 5. The Kier molecular flexibility index (Phi) is 4.76. The Hall–Kier alpha value is -2.39. The molecule has 0 saturated carbocycles. The van der Waals surface area contributed by atoms with E-state index in [9.17, 15) is 17.6 Å². The van der Waals surface area contributed by atoms with Crippen LogP contribution in [0.2, 0.25) is 5.15 Å². The van der Waals surface area contributed by atoms with E-state index in [1.54, 1.807) is 13.0 Å². The van der Waals surface area contributed by atoms with Crippen molar-refractivity contribution < 1.29 is 27.0 Å². The summed E-state index contributed by atoms with van der Waals surface area (Å²) in [5.41, 5.74) is -0.553. The van der Waals surface area contributed by atoms with E-state index in [0.717, 1.165) is 6.07 Å². The molecule has 3 aromatic rings. The van der Waals surface area contributed by atoms with E-state index in [-0.39, 0.29) is 10.8 Å². The fourth-order valence-corrected chi connectivity index (χ4v) is 2.63. The number of nitrogens with zero attached hydrogens (tertiary/aromatic N) is 3. The van der Waals surface area contributed by atoms with Crippen molar-refractivity contribution in [3.05, 3.63) is 46.6 Å². The summed E-state index contributed by atoms with van der Waals surface area (Å²) in [6, 6.07) is 3.33. The van der Waals surface area contributed by atoms with Crippen LogP contribution in [-0.4, -0.2) is 28.7 Å². The summed E-state index contributed by atoms with van der Waals surface area (Å²) in [6.45, 7) is 1.26. The first-order chi connectivity index (χ1) is 12.2. The zero-order chi connectivity index (χ0) is 19.1. The summed E-state index contributed by atoms with van der Waals surface area (Å²) in [6.07, 6.45) is -3.53. The SMILES string of the molecule is COCOc1cc(-n2nc(C)c3cc(Cl)ncc32)cc(C(F)(F)F)c1F. The van der Waals surface area contributed by atoms with Crippen LogP contribution in [0.3, 0.4) is 0 Å². The maximum atomic E-state index is 14.2. The Bertz CT molecular complexity index is 972. The molecule has 3 rings (SSSR count). The molecule has 2 heterocycles. The average Bonchev–Trinajstić information content (AvgIpc) is 2.89. The number of pyridine rings is 1. The molecule has 0 atom stereocenters. The normalized spacial score (nSPS) is 12.0. The van der Waals surface area contributed by atoms with Crippen LogP contribution in [0.15, 0.2) is 24.4 Å². The Morgan fingerprint density at radius 2 is 1.96 bits per heavy atom. The van der Waals surface area contributed by atoms with E-state index in [0.29, 0.717) is 22.7 Å². The van der Waals surface area contributed by atoms with Crippen LogP contribution < -0.4 is 4.74 Å². The molecule has 0 aliphatic rings. The predicted octanol–water partition coefficient (Wildman–Crippen LogP) is 4.52. The van der Waals surface area contributed by atoms with Gasteiger partial charge in [0.05, 0.1) is 28.7 Å². The van der Waals surface area contributed by atoms with Gasteiger partial charge in [-0.15, -0.1) is 0 Å². The van der Waals surface area contributed by atoms with E-state index < -0.39 is 30.1 Å². The van der Waals surface area contributed by atoms with Crippen LogP contribution in [0.25, 0.3) is 16.6 Å². The van der Waals surface area contributed by atoms with Crippen molar-refractivity contribution in [3.8, 4) is 11.4 Å². The minimum atomic E-state index is -4.91. The van der Waals surface area contributed by atoms with E-state index >= 15 is 0 Å². The number of benzene rings is 1. The van der Waals surface area contributed by atoms with E-state index in [1.165, 1.54) is 18.0 Å². The summed E-state index contributed by atoms with van der Waals surface area (Å²) < 4.78 is 64.7. The van der Waals surface area contributed by atoms with Crippen molar-refractivity contribution in [2.45, 2.75) is 13.1 Å². The van der Waals surface area contributed by atoms with E-state index in [2.05, 4.69) is 14.8 Å². The van der Waals surface area contributed by atoms with Crippen molar-refractivity contribution >= 4 is 22.5 Å². The summed E-state index contributed by atoms with van der Waals surface area (Å²) >= 11 is 5.85. The molecular formula is C16H12ClF4N3O2. The van der Waals surface area contributed by atoms with Crippen molar-refractivity contribution in [3.63, 3.8) is 0 Å². The van der Waals surface area contributed by atoms with Crippen LogP contribution >= 0.6 is 11.6 Å².